The van der Waals surface area contributed by atoms with E-state index in [4.69, 9.17) is 0 Å². The molecule has 0 aliphatic carbocycles. The second kappa shape index (κ2) is 5.13. The van der Waals surface area contributed by atoms with Crippen molar-refractivity contribution in [3.63, 3.8) is 0 Å². The maximum absolute atomic E-state index is 9.84. The SMILES string of the molecule is C[Si](C)(C)C=CCCNC=O. The van der Waals surface area contributed by atoms with Crippen LogP contribution in [-0.4, -0.2) is 21.0 Å². The topological polar surface area (TPSA) is 29.1 Å². The van der Waals surface area contributed by atoms with Gasteiger partial charge in [-0.3, -0.25) is 4.79 Å². The molecule has 0 spiro atoms. The first-order chi connectivity index (χ1) is 5.06. The third-order valence-electron chi connectivity index (χ3n) is 1.16. The largest absolute Gasteiger partial charge is 0.358 e. The molecule has 0 unspecified atom stereocenters. The summed E-state index contributed by atoms with van der Waals surface area (Å²) in [5, 5.41) is 2.62. The smallest absolute Gasteiger partial charge is 0.207 e. The molecule has 0 bridgehead atoms. The van der Waals surface area contributed by atoms with E-state index in [9.17, 15) is 4.79 Å². The van der Waals surface area contributed by atoms with Crippen LogP contribution in [0.15, 0.2) is 11.8 Å². The lowest BCUT2D eigenvalue weighted by molar-refractivity contribution is -0.109. The van der Waals surface area contributed by atoms with E-state index in [-0.39, 0.29) is 0 Å². The van der Waals surface area contributed by atoms with Crippen molar-refractivity contribution in [2.75, 3.05) is 6.54 Å². The number of hydrogen-bond donors (Lipinski definition) is 1. The minimum atomic E-state index is -1.01. The lowest BCUT2D eigenvalue weighted by Crippen LogP contribution is -2.16. The Morgan fingerprint density at radius 1 is 1.36 bits per heavy atom. The van der Waals surface area contributed by atoms with E-state index >= 15 is 0 Å². The van der Waals surface area contributed by atoms with Gasteiger partial charge in [0.05, 0.1) is 8.07 Å². The maximum atomic E-state index is 9.84. The van der Waals surface area contributed by atoms with E-state index < -0.39 is 8.07 Å². The number of hydrogen-bond acceptors (Lipinski definition) is 1. The molecule has 1 amide bonds. The predicted molar refractivity (Wildman–Crippen MR) is 51.2 cm³/mol. The summed E-state index contributed by atoms with van der Waals surface area (Å²) in [5.74, 6) is 0. The molecule has 0 fully saturated rings. The first-order valence-electron chi connectivity index (χ1n) is 3.91. The zero-order chi connectivity index (χ0) is 8.74. The molecule has 11 heavy (non-hydrogen) atoms. The molecule has 0 aromatic rings. The second-order valence-electron chi connectivity index (χ2n) is 3.63. The standard InChI is InChI=1S/C8H17NOSi/c1-11(2,3)7-5-4-6-9-8-10/h5,7-8H,4,6H2,1-3H3,(H,9,10). The summed E-state index contributed by atoms with van der Waals surface area (Å²) in [5.41, 5.74) is 2.29. The zero-order valence-electron chi connectivity index (χ0n) is 7.55. The van der Waals surface area contributed by atoms with Crippen molar-refractivity contribution in [3.05, 3.63) is 11.8 Å². The van der Waals surface area contributed by atoms with E-state index in [0.717, 1.165) is 19.4 Å². The third kappa shape index (κ3) is 9.43. The van der Waals surface area contributed by atoms with Gasteiger partial charge in [0.1, 0.15) is 0 Å². The maximum Gasteiger partial charge on any atom is 0.207 e. The van der Waals surface area contributed by atoms with Crippen LogP contribution in [0.1, 0.15) is 6.42 Å². The summed E-state index contributed by atoms with van der Waals surface area (Å²) in [4.78, 5) is 9.84. The number of rotatable bonds is 5. The Bertz CT molecular complexity index is 138. The van der Waals surface area contributed by atoms with Crippen LogP contribution in [0.3, 0.4) is 0 Å². The predicted octanol–water partition coefficient (Wildman–Crippen LogP) is 1.56. The molecule has 0 aromatic heterocycles. The molecule has 0 saturated carbocycles. The fraction of sp³-hybridized carbons (Fsp3) is 0.625. The van der Waals surface area contributed by atoms with E-state index in [2.05, 4.69) is 36.7 Å². The van der Waals surface area contributed by atoms with Crippen LogP contribution in [0.5, 0.6) is 0 Å². The van der Waals surface area contributed by atoms with Crippen LogP contribution in [0, 0.1) is 0 Å². The molecular weight excluding hydrogens is 154 g/mol. The number of carbonyl (C=O) groups excluding carboxylic acids is 1. The summed E-state index contributed by atoms with van der Waals surface area (Å²) in [7, 11) is -1.01. The lowest BCUT2D eigenvalue weighted by Gasteiger charge is -2.07. The van der Waals surface area contributed by atoms with Crippen molar-refractivity contribution in [1.29, 1.82) is 0 Å². The first kappa shape index (κ1) is 10.4. The second-order valence-corrected chi connectivity index (χ2v) is 8.69. The van der Waals surface area contributed by atoms with Crippen LogP contribution in [0.25, 0.3) is 0 Å². The van der Waals surface area contributed by atoms with Crippen LogP contribution < -0.4 is 5.32 Å². The summed E-state index contributed by atoms with van der Waals surface area (Å²) in [6.45, 7) is 7.62. The fourth-order valence-corrected chi connectivity index (χ4v) is 1.54. The molecule has 1 N–H and O–H groups in total. The van der Waals surface area contributed by atoms with Crippen LogP contribution >= 0.6 is 0 Å². The molecule has 0 aliphatic heterocycles. The monoisotopic (exact) mass is 171 g/mol. The highest BCUT2D eigenvalue weighted by molar-refractivity contribution is 6.80. The average molecular weight is 171 g/mol. The molecule has 64 valence electrons. The quantitative estimate of drug-likeness (QED) is 0.379. The van der Waals surface area contributed by atoms with E-state index in [1.165, 1.54) is 0 Å². The Balaban J connectivity index is 3.37. The zero-order valence-corrected chi connectivity index (χ0v) is 8.55. The molecule has 0 rings (SSSR count). The van der Waals surface area contributed by atoms with Crippen LogP contribution in [0.4, 0.5) is 0 Å². The van der Waals surface area contributed by atoms with Crippen molar-refractivity contribution < 1.29 is 4.79 Å². The van der Waals surface area contributed by atoms with Crippen LogP contribution in [-0.2, 0) is 4.79 Å². The Labute approximate surface area is 69.7 Å². The van der Waals surface area contributed by atoms with Crippen molar-refractivity contribution in [2.24, 2.45) is 0 Å². The minimum absolute atomic E-state index is 0.738. The van der Waals surface area contributed by atoms with Gasteiger partial charge in [0.25, 0.3) is 0 Å². The van der Waals surface area contributed by atoms with Gasteiger partial charge in [-0.2, -0.15) is 0 Å². The third-order valence-corrected chi connectivity index (χ3v) is 2.39. The molecular formula is C8H17NOSi. The molecule has 0 heterocycles. The van der Waals surface area contributed by atoms with Gasteiger partial charge < -0.3 is 5.32 Å². The van der Waals surface area contributed by atoms with Gasteiger partial charge in [0.2, 0.25) is 6.41 Å². The molecule has 0 atom stereocenters. The van der Waals surface area contributed by atoms with Crippen molar-refractivity contribution in [2.45, 2.75) is 26.1 Å². The summed E-state index contributed by atoms with van der Waals surface area (Å²) < 4.78 is 0. The Hall–Kier alpha value is -0.573. The fourth-order valence-electron chi connectivity index (χ4n) is 0.662. The summed E-state index contributed by atoms with van der Waals surface area (Å²) in [6, 6.07) is 0. The van der Waals surface area contributed by atoms with Gasteiger partial charge in [-0.15, -0.1) is 0 Å². The minimum Gasteiger partial charge on any atom is -0.358 e. The highest BCUT2D eigenvalue weighted by atomic mass is 28.3. The molecule has 3 heteroatoms. The van der Waals surface area contributed by atoms with Crippen molar-refractivity contribution in [3.8, 4) is 0 Å². The molecule has 0 saturated heterocycles. The van der Waals surface area contributed by atoms with Crippen LogP contribution in [0.2, 0.25) is 19.6 Å². The Morgan fingerprint density at radius 2 is 2.00 bits per heavy atom. The summed E-state index contributed by atoms with van der Waals surface area (Å²) >= 11 is 0. The van der Waals surface area contributed by atoms with Gasteiger partial charge in [-0.25, -0.2) is 0 Å². The van der Waals surface area contributed by atoms with Gasteiger partial charge in [-0.05, 0) is 6.42 Å². The molecule has 0 aromatic carbocycles. The first-order valence-corrected chi connectivity index (χ1v) is 7.49. The van der Waals surface area contributed by atoms with Crippen molar-refractivity contribution >= 4 is 14.5 Å². The summed E-state index contributed by atoms with van der Waals surface area (Å²) in [6.07, 6.45) is 3.84. The van der Waals surface area contributed by atoms with E-state index in [1.54, 1.807) is 0 Å². The normalized spacial score (nSPS) is 11.9. The molecule has 2 nitrogen and oxygen atoms in total. The molecule has 0 radical (unpaired) electrons. The van der Waals surface area contributed by atoms with Gasteiger partial charge in [-0.1, -0.05) is 31.4 Å². The number of nitrogens with one attached hydrogen (secondary N) is 1. The van der Waals surface area contributed by atoms with E-state index in [1.807, 2.05) is 0 Å². The lowest BCUT2D eigenvalue weighted by atomic mass is 10.4. The van der Waals surface area contributed by atoms with Gasteiger partial charge >= 0.3 is 0 Å². The van der Waals surface area contributed by atoms with Crippen molar-refractivity contribution in [1.82, 2.24) is 5.32 Å². The van der Waals surface area contributed by atoms with E-state index in [0.29, 0.717) is 0 Å². The number of amides is 1. The average Bonchev–Trinajstić information content (AvgIpc) is 1.85. The highest BCUT2D eigenvalue weighted by Gasteiger charge is 2.05. The molecule has 0 aliphatic rings. The Morgan fingerprint density at radius 3 is 2.45 bits per heavy atom. The van der Waals surface area contributed by atoms with Gasteiger partial charge in [0.15, 0.2) is 0 Å². The Kier molecular flexibility index (Phi) is 4.86. The number of carbonyl (C=O) groups is 1. The highest BCUT2D eigenvalue weighted by Crippen LogP contribution is 2.01. The van der Waals surface area contributed by atoms with Gasteiger partial charge in [0, 0.05) is 6.54 Å².